The summed E-state index contributed by atoms with van der Waals surface area (Å²) in [6, 6.07) is 9.30. The van der Waals surface area contributed by atoms with Crippen LogP contribution in [0.3, 0.4) is 0 Å². The van der Waals surface area contributed by atoms with Gasteiger partial charge in [0.1, 0.15) is 5.82 Å². The normalized spacial score (nSPS) is 10.1. The van der Waals surface area contributed by atoms with Crippen LogP contribution >= 0.6 is 11.6 Å². The first-order valence-corrected chi connectivity index (χ1v) is 5.95. The van der Waals surface area contributed by atoms with Crippen LogP contribution in [0.1, 0.15) is 20.7 Å². The van der Waals surface area contributed by atoms with Gasteiger partial charge in [0.05, 0.1) is 11.1 Å². The fourth-order valence-electron chi connectivity index (χ4n) is 1.69. The molecule has 0 atom stereocenters. The number of rotatable bonds is 3. The minimum Gasteiger partial charge on any atom is -0.478 e. The summed E-state index contributed by atoms with van der Waals surface area (Å²) in [6.07, 6.45) is 0. The number of hydrogen-bond acceptors (Lipinski definition) is 2. The van der Waals surface area contributed by atoms with Crippen LogP contribution in [0, 0.1) is 5.82 Å². The highest BCUT2D eigenvalue weighted by molar-refractivity contribution is 6.31. The van der Waals surface area contributed by atoms with Gasteiger partial charge in [-0.1, -0.05) is 23.7 Å². The van der Waals surface area contributed by atoms with Crippen molar-refractivity contribution >= 4 is 29.2 Å². The smallest absolute Gasteiger partial charge is 0.336 e. The van der Waals surface area contributed by atoms with Crippen LogP contribution in [0.2, 0.25) is 5.02 Å². The van der Waals surface area contributed by atoms with Crippen molar-refractivity contribution in [2.24, 2.45) is 0 Å². The molecule has 0 radical (unpaired) electrons. The predicted molar refractivity (Wildman–Crippen MR) is 72.8 cm³/mol. The first-order valence-electron chi connectivity index (χ1n) is 5.57. The van der Waals surface area contributed by atoms with Crippen LogP contribution < -0.4 is 5.32 Å². The van der Waals surface area contributed by atoms with Crippen LogP contribution in [-0.2, 0) is 0 Å². The van der Waals surface area contributed by atoms with Gasteiger partial charge in [-0.05, 0) is 30.3 Å². The number of hydrogen-bond donors (Lipinski definition) is 2. The van der Waals surface area contributed by atoms with E-state index in [1.54, 1.807) is 6.07 Å². The lowest BCUT2D eigenvalue weighted by Gasteiger charge is -2.08. The van der Waals surface area contributed by atoms with E-state index in [2.05, 4.69) is 5.32 Å². The molecule has 0 spiro atoms. The van der Waals surface area contributed by atoms with E-state index in [1.165, 1.54) is 24.3 Å². The van der Waals surface area contributed by atoms with E-state index in [9.17, 15) is 14.0 Å². The summed E-state index contributed by atoms with van der Waals surface area (Å²) in [4.78, 5) is 23.0. The topological polar surface area (TPSA) is 66.4 Å². The zero-order chi connectivity index (χ0) is 14.7. The van der Waals surface area contributed by atoms with Crippen molar-refractivity contribution in [2.45, 2.75) is 0 Å². The van der Waals surface area contributed by atoms with Gasteiger partial charge < -0.3 is 10.4 Å². The number of halogens is 2. The van der Waals surface area contributed by atoms with Crippen LogP contribution in [0.5, 0.6) is 0 Å². The van der Waals surface area contributed by atoms with Gasteiger partial charge in [0.25, 0.3) is 5.91 Å². The zero-order valence-electron chi connectivity index (χ0n) is 10.1. The number of carbonyl (C=O) groups is 2. The first kappa shape index (κ1) is 14.0. The summed E-state index contributed by atoms with van der Waals surface area (Å²) in [5, 5.41) is 11.5. The largest absolute Gasteiger partial charge is 0.478 e. The Hall–Kier alpha value is -2.40. The third-order valence-corrected chi connectivity index (χ3v) is 2.74. The van der Waals surface area contributed by atoms with Gasteiger partial charge in [0.2, 0.25) is 0 Å². The van der Waals surface area contributed by atoms with Gasteiger partial charge >= 0.3 is 5.97 Å². The summed E-state index contributed by atoms with van der Waals surface area (Å²) in [5.74, 6) is -2.46. The van der Waals surface area contributed by atoms with Gasteiger partial charge in [-0.25, -0.2) is 9.18 Å². The van der Waals surface area contributed by atoms with Crippen molar-refractivity contribution < 1.29 is 19.1 Å². The van der Waals surface area contributed by atoms with Crippen LogP contribution in [0.15, 0.2) is 42.5 Å². The molecule has 0 bridgehead atoms. The SMILES string of the molecule is O=C(O)c1ccccc1C(=O)Nc1cc(F)cc(Cl)c1. The molecular formula is C14H9ClFNO3. The number of nitrogens with one attached hydrogen (secondary N) is 1. The van der Waals surface area contributed by atoms with E-state index in [-0.39, 0.29) is 21.8 Å². The van der Waals surface area contributed by atoms with Crippen molar-refractivity contribution in [1.82, 2.24) is 0 Å². The molecule has 0 aliphatic carbocycles. The molecule has 0 heterocycles. The minimum atomic E-state index is -1.21. The Labute approximate surface area is 118 Å². The summed E-state index contributed by atoms with van der Waals surface area (Å²) < 4.78 is 13.2. The molecule has 6 heteroatoms. The van der Waals surface area contributed by atoms with Crippen molar-refractivity contribution in [3.05, 3.63) is 64.4 Å². The fourth-order valence-corrected chi connectivity index (χ4v) is 1.91. The number of anilines is 1. The van der Waals surface area contributed by atoms with E-state index < -0.39 is 17.7 Å². The van der Waals surface area contributed by atoms with Crippen molar-refractivity contribution in [3.63, 3.8) is 0 Å². The summed E-state index contributed by atoms with van der Waals surface area (Å²) in [7, 11) is 0. The highest BCUT2D eigenvalue weighted by Crippen LogP contribution is 2.19. The van der Waals surface area contributed by atoms with Crippen molar-refractivity contribution in [2.75, 3.05) is 5.32 Å². The number of carboxylic acids is 1. The number of carbonyl (C=O) groups excluding carboxylic acids is 1. The van der Waals surface area contributed by atoms with E-state index in [4.69, 9.17) is 16.7 Å². The van der Waals surface area contributed by atoms with E-state index in [1.807, 2.05) is 0 Å². The Morgan fingerprint density at radius 1 is 1.10 bits per heavy atom. The highest BCUT2D eigenvalue weighted by Gasteiger charge is 2.16. The lowest BCUT2D eigenvalue weighted by Crippen LogP contribution is -2.16. The molecule has 0 aliphatic heterocycles. The second kappa shape index (κ2) is 5.71. The monoisotopic (exact) mass is 293 g/mol. The molecule has 0 aliphatic rings. The van der Waals surface area contributed by atoms with Gasteiger partial charge in [0.15, 0.2) is 0 Å². The molecule has 102 valence electrons. The third kappa shape index (κ3) is 3.13. The van der Waals surface area contributed by atoms with Gasteiger partial charge in [0, 0.05) is 10.7 Å². The minimum absolute atomic E-state index is 0.0135. The zero-order valence-corrected chi connectivity index (χ0v) is 10.8. The second-order valence-electron chi connectivity index (χ2n) is 3.96. The summed E-state index contributed by atoms with van der Waals surface area (Å²) in [5.41, 5.74) is 0.00748. The highest BCUT2D eigenvalue weighted by atomic mass is 35.5. The maximum atomic E-state index is 13.2. The Bertz CT molecular complexity index is 668. The van der Waals surface area contributed by atoms with E-state index in [0.717, 1.165) is 12.1 Å². The molecule has 0 saturated heterocycles. The van der Waals surface area contributed by atoms with Crippen molar-refractivity contribution in [3.8, 4) is 0 Å². The molecular weight excluding hydrogens is 285 g/mol. The maximum Gasteiger partial charge on any atom is 0.336 e. The average molecular weight is 294 g/mol. The molecule has 0 aromatic heterocycles. The molecule has 1 amide bonds. The summed E-state index contributed by atoms with van der Waals surface area (Å²) in [6.45, 7) is 0. The van der Waals surface area contributed by atoms with E-state index >= 15 is 0 Å². The average Bonchev–Trinajstić information content (AvgIpc) is 2.37. The number of benzene rings is 2. The Kier molecular flexibility index (Phi) is 4.00. The van der Waals surface area contributed by atoms with Crippen LogP contribution in [0.25, 0.3) is 0 Å². The van der Waals surface area contributed by atoms with Gasteiger partial charge in [-0.3, -0.25) is 4.79 Å². The van der Waals surface area contributed by atoms with Gasteiger partial charge in [-0.2, -0.15) is 0 Å². The molecule has 2 N–H and O–H groups in total. The molecule has 2 rings (SSSR count). The molecule has 4 nitrogen and oxygen atoms in total. The predicted octanol–water partition coefficient (Wildman–Crippen LogP) is 3.43. The number of amides is 1. The molecule has 2 aromatic carbocycles. The number of aromatic carboxylic acids is 1. The Morgan fingerprint density at radius 2 is 1.75 bits per heavy atom. The third-order valence-electron chi connectivity index (χ3n) is 2.52. The molecule has 0 fully saturated rings. The molecule has 0 unspecified atom stereocenters. The lowest BCUT2D eigenvalue weighted by molar-refractivity contribution is 0.0692. The van der Waals surface area contributed by atoms with Crippen molar-refractivity contribution in [1.29, 1.82) is 0 Å². The number of carboxylic acid groups (broad SMARTS) is 1. The van der Waals surface area contributed by atoms with Crippen LogP contribution in [-0.4, -0.2) is 17.0 Å². The maximum absolute atomic E-state index is 13.2. The van der Waals surface area contributed by atoms with E-state index in [0.29, 0.717) is 0 Å². The fraction of sp³-hybridized carbons (Fsp3) is 0. The standard InChI is InChI=1S/C14H9ClFNO3/c15-8-5-9(16)7-10(6-8)17-13(18)11-3-1-2-4-12(11)14(19)20/h1-7H,(H,17,18)(H,19,20). The quantitative estimate of drug-likeness (QED) is 0.911. The summed E-state index contributed by atoms with van der Waals surface area (Å²) >= 11 is 5.68. The Morgan fingerprint density at radius 3 is 2.35 bits per heavy atom. The van der Waals surface area contributed by atoms with Gasteiger partial charge in [-0.15, -0.1) is 0 Å². The molecule has 2 aromatic rings. The molecule has 20 heavy (non-hydrogen) atoms. The molecule has 0 saturated carbocycles. The van der Waals surface area contributed by atoms with Crippen LogP contribution in [0.4, 0.5) is 10.1 Å². The Balaban J connectivity index is 2.31. The lowest BCUT2D eigenvalue weighted by atomic mass is 10.1. The second-order valence-corrected chi connectivity index (χ2v) is 4.40. The first-order chi connectivity index (χ1) is 9.47.